The number of alkyl carbamates (subject to hydrolysis) is 1. The Bertz CT molecular complexity index is 3350. The third kappa shape index (κ3) is 16.6. The van der Waals surface area contributed by atoms with Gasteiger partial charge in [0.2, 0.25) is 12.6 Å². The molecule has 9 N–H and O–H groups in total. The summed E-state index contributed by atoms with van der Waals surface area (Å²) in [5, 5.41) is 30.7. The van der Waals surface area contributed by atoms with E-state index in [9.17, 15) is 62.9 Å². The third-order valence-corrected chi connectivity index (χ3v) is 22.7. The third-order valence-electron chi connectivity index (χ3n) is 18.8. The topological polar surface area (TPSA) is 421 Å². The Morgan fingerprint density at radius 3 is 2.16 bits per heavy atom. The number of phenols is 1. The Morgan fingerprint density at radius 1 is 0.895 bits per heavy atom. The fraction of sp³-hybridized carbons (Fsp3) is 0.667. The molecule has 2 saturated heterocycles. The number of aliphatic hydroxyl groups excluding tert-OH is 1. The maximum absolute atomic E-state index is 15.6. The summed E-state index contributed by atoms with van der Waals surface area (Å²) in [5.41, 5.74) is -3.49. The number of carbonyl (C=O) groups excluding carboxylic acids is 8. The number of carbonyl (C=O) groups is 8. The number of piperidine rings is 1. The Balaban J connectivity index is 1.30. The van der Waals surface area contributed by atoms with Crippen molar-refractivity contribution in [2.75, 3.05) is 66.3 Å². The van der Waals surface area contributed by atoms with Gasteiger partial charge in [0.25, 0.3) is 11.7 Å². The number of rotatable bonds is 22. The minimum atomic E-state index is -5.31. The molecule has 2 amide bonds. The number of amides is 2. The van der Waals surface area contributed by atoms with E-state index < -0.39 is 178 Å². The van der Waals surface area contributed by atoms with Gasteiger partial charge in [-0.3, -0.25) is 52.6 Å². The second-order valence-corrected chi connectivity index (χ2v) is 30.1. The molecule has 1 aromatic carbocycles. The SMILES string of the molecule is CCC(=O)OCOC(=O)NCC(=O)OCCN(CCCCC(P(=O)(O)O)P(=O)(O)O)CC(=O)C12O[C@H]([C@@H](C)[C@@H](O)[C@@H](C)[C@H](OC(C)=O)[C@H](C)[C@@H](OC)/C=C/O[C@@]3(C)Oc4c(C)c(O)c5c(c4C3=O)C3=NC4(CCN(CC(C)C)CC4)NC3=C(NC(=O)/C(C)=C\C1C)C5=O)[C@H]2C. The maximum Gasteiger partial charge on any atom is 0.410 e. The Kier molecular flexibility index (Phi) is 24.4. The molecule has 1 aromatic rings. The smallest absolute Gasteiger partial charge is 0.410 e. The van der Waals surface area contributed by atoms with Crippen LogP contribution in [-0.2, 0) is 66.3 Å². The van der Waals surface area contributed by atoms with Gasteiger partial charge >= 0.3 is 45.0 Å². The summed E-state index contributed by atoms with van der Waals surface area (Å²) in [6.45, 7) is 19.0. The number of hydrogen-bond donors (Lipinski definition) is 9. The number of ether oxygens (including phenoxy) is 8. The lowest BCUT2D eigenvalue weighted by Crippen LogP contribution is -2.70. The summed E-state index contributed by atoms with van der Waals surface area (Å²) in [5.74, 6) is -12.0. The standard InChI is InChI=1S/C63H92N6O24P2/c1-14-43(72)88-31-89-60(79)64-28-44(73)87-26-24-68(21-16-15-17-45(94(80,81)82)95(83,84)85)30-42(71)63-34(5)27-33(4)59(78)65-51-50-49(66-62(67-50)19-22-69(23-20-62)29-32(2)3)46-47(54(51)76)53(75)38(9)57-48(46)58(77)61(12,92-57)90-25-18-41(86-13)35(6)55(91-40(11)70)36(7)52(74)37(8)56(93-63)39(63)10/h18,25,27,32,34-37,39,41,45,52,55-56,67,74-75H,14-17,19-24,26,28-31H2,1-13H3,(H,64,79)(H,65,78)(H2,80,81,82)(H2,83,84,85)/b25-18+,33-27-/t34?,35-,36-,37+,39-,41+,52+,55-,56-,61+,63?/m1/s1. The molecule has 2 unspecified atom stereocenters. The molecule has 30 nitrogen and oxygen atoms in total. The first-order chi connectivity index (χ1) is 44.4. The number of aromatic hydroxyl groups is 1. The second kappa shape index (κ2) is 30.5. The summed E-state index contributed by atoms with van der Waals surface area (Å²) in [7, 11) is -9.22. The van der Waals surface area contributed by atoms with Gasteiger partial charge in [-0.1, -0.05) is 67.9 Å². The predicted molar refractivity (Wildman–Crippen MR) is 338 cm³/mol. The molecule has 95 heavy (non-hydrogen) atoms. The van der Waals surface area contributed by atoms with Crippen molar-refractivity contribution in [3.63, 3.8) is 0 Å². The van der Waals surface area contributed by atoms with Crippen molar-refractivity contribution >= 4 is 68.2 Å². The van der Waals surface area contributed by atoms with Gasteiger partial charge in [0, 0.05) is 113 Å². The number of aliphatic hydroxyl groups is 1. The minimum Gasteiger partial charge on any atom is -0.507 e. The molecule has 7 bridgehead atoms. The average molecular weight is 1380 g/mol. The number of benzene rings is 1. The second-order valence-electron chi connectivity index (χ2n) is 26.1. The van der Waals surface area contributed by atoms with Crippen LogP contribution in [0.1, 0.15) is 147 Å². The number of nitrogens with zero attached hydrogens (tertiary/aromatic N) is 3. The zero-order chi connectivity index (χ0) is 70.6. The van der Waals surface area contributed by atoms with Gasteiger partial charge < -0.3 is 88.5 Å². The number of likely N-dealkylation sites (tertiary alicyclic amines) is 1. The van der Waals surface area contributed by atoms with Crippen LogP contribution in [0.3, 0.4) is 0 Å². The highest BCUT2D eigenvalue weighted by Gasteiger charge is 2.63. The molecule has 2 fully saturated rings. The number of phenolic OH excluding ortho intramolecular Hbond substituents is 1. The number of ketones is 3. The van der Waals surface area contributed by atoms with E-state index in [0.717, 1.165) is 6.54 Å². The van der Waals surface area contributed by atoms with Crippen molar-refractivity contribution in [3.8, 4) is 11.5 Å². The van der Waals surface area contributed by atoms with E-state index in [4.69, 9.17) is 42.9 Å². The lowest BCUT2D eigenvalue weighted by molar-refractivity contribution is -0.281. The van der Waals surface area contributed by atoms with Crippen LogP contribution in [0, 0.1) is 42.4 Å². The van der Waals surface area contributed by atoms with E-state index >= 15 is 14.4 Å². The molecule has 0 radical (unpaired) electrons. The monoisotopic (exact) mass is 1380 g/mol. The van der Waals surface area contributed by atoms with Crippen LogP contribution in [0.4, 0.5) is 4.79 Å². The number of methoxy groups -OCH3 is 1. The van der Waals surface area contributed by atoms with Crippen LogP contribution in [0.25, 0.3) is 0 Å². The van der Waals surface area contributed by atoms with E-state index in [1.54, 1.807) is 34.6 Å². The van der Waals surface area contributed by atoms with Crippen molar-refractivity contribution in [2.45, 2.75) is 168 Å². The summed E-state index contributed by atoms with van der Waals surface area (Å²) < 4.78 is 70.5. The van der Waals surface area contributed by atoms with Crippen LogP contribution < -0.4 is 20.7 Å². The number of unbranched alkanes of at least 4 members (excludes halogenated alkanes) is 1. The first kappa shape index (κ1) is 75.9. The van der Waals surface area contributed by atoms with Crippen LogP contribution in [0.5, 0.6) is 11.5 Å². The average Bonchev–Trinajstić information content (AvgIpc) is 1.66. The van der Waals surface area contributed by atoms with Gasteiger partial charge in [0.05, 0.1) is 53.7 Å². The Hall–Kier alpha value is -6.43. The molecular weight excluding hydrogens is 1290 g/mol. The van der Waals surface area contributed by atoms with E-state index in [0.29, 0.717) is 31.8 Å². The highest BCUT2D eigenvalue weighted by molar-refractivity contribution is 7.70. The number of hydrogen-bond acceptors (Lipinski definition) is 24. The Labute approximate surface area is 551 Å². The molecule has 10 rings (SSSR count). The van der Waals surface area contributed by atoms with Crippen LogP contribution in [0.2, 0.25) is 0 Å². The molecule has 32 heteroatoms. The summed E-state index contributed by atoms with van der Waals surface area (Å²) >= 11 is 0. The van der Waals surface area contributed by atoms with E-state index in [1.807, 2.05) is 0 Å². The van der Waals surface area contributed by atoms with E-state index in [-0.39, 0.29) is 83.0 Å². The van der Waals surface area contributed by atoms with Gasteiger partial charge in [-0.2, -0.15) is 0 Å². The summed E-state index contributed by atoms with van der Waals surface area (Å²) in [6.07, 6.45) is -1.13. The molecule has 1 aliphatic carbocycles. The number of Topliss-reactive ketones (excluding diaryl/α,β-unsaturated/α-hetero) is 3. The zero-order valence-corrected chi connectivity index (χ0v) is 57.7. The van der Waals surface area contributed by atoms with Crippen molar-refractivity contribution in [1.29, 1.82) is 0 Å². The molecular formula is C63H92N6O24P2. The zero-order valence-electron chi connectivity index (χ0n) is 56.0. The quantitative estimate of drug-likeness (QED) is 0.0256. The predicted octanol–water partition coefficient (Wildman–Crippen LogP) is 4.38. The summed E-state index contributed by atoms with van der Waals surface area (Å²) in [6, 6.07) is 0. The fourth-order valence-electron chi connectivity index (χ4n) is 13.6. The number of nitrogens with one attached hydrogen (secondary N) is 3. The lowest BCUT2D eigenvalue weighted by Gasteiger charge is -2.58. The van der Waals surface area contributed by atoms with Gasteiger partial charge in [-0.05, 0) is 45.2 Å². The molecule has 528 valence electrons. The van der Waals surface area contributed by atoms with Crippen molar-refractivity contribution < 1.29 is 115 Å². The van der Waals surface area contributed by atoms with Crippen molar-refractivity contribution in [3.05, 3.63) is 57.6 Å². The number of esters is 3. The van der Waals surface area contributed by atoms with E-state index in [1.165, 1.54) is 65.0 Å². The first-order valence-electron chi connectivity index (χ1n) is 31.9. The molecule has 8 aliphatic heterocycles. The van der Waals surface area contributed by atoms with Gasteiger partial charge in [0.15, 0.2) is 11.2 Å². The van der Waals surface area contributed by atoms with Crippen LogP contribution in [-0.4, -0.2) is 206 Å². The van der Waals surface area contributed by atoms with Crippen LogP contribution >= 0.6 is 15.2 Å². The molecule has 8 heterocycles. The molecule has 11 atom stereocenters. The minimum absolute atomic E-state index is 0.0108. The molecule has 0 aromatic heterocycles. The van der Waals surface area contributed by atoms with E-state index in [2.05, 4.69) is 34.7 Å². The molecule has 1 spiro atoms. The highest BCUT2D eigenvalue weighted by Crippen LogP contribution is 2.62. The van der Waals surface area contributed by atoms with Crippen molar-refractivity contribution in [1.82, 2.24) is 25.8 Å². The van der Waals surface area contributed by atoms with Crippen LogP contribution in [0.15, 0.2) is 40.4 Å². The number of aliphatic imine (C=N–C) groups is 1. The highest BCUT2D eigenvalue weighted by atomic mass is 31.2. The lowest BCUT2D eigenvalue weighted by atomic mass is 9.63. The van der Waals surface area contributed by atoms with Crippen molar-refractivity contribution in [2.24, 2.45) is 40.5 Å². The molecule has 0 saturated carbocycles. The normalized spacial score (nSPS) is 28.7. The van der Waals surface area contributed by atoms with Gasteiger partial charge in [-0.15, -0.1) is 0 Å². The number of allylic oxidation sites excluding steroid dienone is 2. The maximum atomic E-state index is 15.6. The fourth-order valence-corrected chi connectivity index (χ4v) is 16.2. The Morgan fingerprint density at radius 2 is 1.56 bits per heavy atom. The van der Waals surface area contributed by atoms with Gasteiger partial charge in [-0.25, -0.2) is 4.79 Å². The largest absolute Gasteiger partial charge is 0.507 e. The van der Waals surface area contributed by atoms with Gasteiger partial charge in [0.1, 0.15) is 47.7 Å². The first-order valence-corrected chi connectivity index (χ1v) is 35.2. The summed E-state index contributed by atoms with van der Waals surface area (Å²) in [4.78, 5) is 159. The molecule has 9 aliphatic rings.